The smallest absolute Gasteiger partial charge is 0.170 e. The second kappa shape index (κ2) is 6.85. The van der Waals surface area contributed by atoms with E-state index in [0.717, 1.165) is 6.92 Å². The molecular formula is C10H11F4NO2. The van der Waals surface area contributed by atoms with E-state index in [1.165, 1.54) is 5.32 Å². The molecule has 7 heteroatoms. The highest BCUT2D eigenvalue weighted by atomic mass is 19.2. The Balaban J connectivity index is 0.000000557. The van der Waals surface area contributed by atoms with E-state index < -0.39 is 34.8 Å². The first kappa shape index (κ1) is 15.4. The third kappa shape index (κ3) is 4.81. The molecule has 0 heterocycles. The zero-order valence-corrected chi connectivity index (χ0v) is 9.19. The van der Waals surface area contributed by atoms with E-state index in [4.69, 9.17) is 9.90 Å². The molecule has 0 saturated heterocycles. The summed E-state index contributed by atoms with van der Waals surface area (Å²) in [7, 11) is 1.54. The van der Waals surface area contributed by atoms with Gasteiger partial charge in [-0.3, -0.25) is 0 Å². The first-order chi connectivity index (χ1) is 7.81. The highest BCUT2D eigenvalue weighted by molar-refractivity contribution is 5.60. The number of hydrogen-bond acceptors (Lipinski definition) is 2. The van der Waals surface area contributed by atoms with Crippen molar-refractivity contribution in [3.05, 3.63) is 34.9 Å². The molecule has 0 atom stereocenters. The Hall–Kier alpha value is -1.63. The molecule has 2 N–H and O–H groups in total. The fraction of sp³-hybridized carbons (Fsp3) is 0.300. The van der Waals surface area contributed by atoms with Crippen LogP contribution in [0.25, 0.3) is 0 Å². The number of hydrogen-bond donors (Lipinski definition) is 1. The van der Waals surface area contributed by atoms with Gasteiger partial charge in [-0.25, -0.2) is 17.6 Å². The van der Waals surface area contributed by atoms with Crippen molar-refractivity contribution in [1.29, 1.82) is 0 Å². The molecule has 17 heavy (non-hydrogen) atoms. The molecule has 0 saturated carbocycles. The van der Waals surface area contributed by atoms with Crippen molar-refractivity contribution in [3.8, 4) is 0 Å². The van der Waals surface area contributed by atoms with Crippen LogP contribution >= 0.6 is 0 Å². The maximum absolute atomic E-state index is 12.8. The number of carbonyl (C=O) groups is 1. The molecule has 1 aromatic carbocycles. The van der Waals surface area contributed by atoms with E-state index in [-0.39, 0.29) is 12.6 Å². The molecule has 0 aliphatic carbocycles. The van der Waals surface area contributed by atoms with Crippen LogP contribution in [0.2, 0.25) is 0 Å². The van der Waals surface area contributed by atoms with Gasteiger partial charge in [0.15, 0.2) is 23.3 Å². The van der Waals surface area contributed by atoms with Crippen LogP contribution < -0.4 is 10.4 Å². The minimum Gasteiger partial charge on any atom is -0.550 e. The van der Waals surface area contributed by atoms with Gasteiger partial charge in [-0.15, -0.1) is 0 Å². The molecule has 96 valence electrons. The molecule has 0 aliphatic rings. The molecule has 0 aromatic heterocycles. The zero-order chi connectivity index (χ0) is 13.6. The molecule has 0 fully saturated rings. The number of rotatable bonds is 2. The predicted molar refractivity (Wildman–Crippen MR) is 48.5 cm³/mol. The highest BCUT2D eigenvalue weighted by Gasteiger charge is 2.19. The normalized spacial score (nSPS) is 9.53. The van der Waals surface area contributed by atoms with Crippen LogP contribution in [-0.2, 0) is 11.3 Å². The Morgan fingerprint density at radius 3 is 1.88 bits per heavy atom. The minimum absolute atomic E-state index is 0.133. The summed E-state index contributed by atoms with van der Waals surface area (Å²) in [4.78, 5) is 8.89. The SMILES string of the molecule is CC(=O)[O-].C[NH2+]Cc1c(F)c(F)cc(F)c1F. The van der Waals surface area contributed by atoms with Gasteiger partial charge < -0.3 is 15.2 Å². The maximum atomic E-state index is 12.8. The van der Waals surface area contributed by atoms with E-state index in [2.05, 4.69) is 0 Å². The molecular weight excluding hydrogens is 242 g/mol. The standard InChI is InChI=1S/C8H7F4N.C2H4O2/c1-13-3-4-7(11)5(9)2-6(10)8(4)12;1-2(3)4/h2,13H,3H2,1H3;1H3,(H,3,4). The molecule has 0 unspecified atom stereocenters. The number of nitrogens with two attached hydrogens (primary N) is 1. The molecule has 1 aromatic rings. The van der Waals surface area contributed by atoms with E-state index >= 15 is 0 Å². The third-order valence-electron chi connectivity index (χ3n) is 1.61. The summed E-state index contributed by atoms with van der Waals surface area (Å²) in [5.41, 5.74) is -0.569. The lowest BCUT2D eigenvalue weighted by Crippen LogP contribution is -2.78. The van der Waals surface area contributed by atoms with Crippen molar-refractivity contribution in [2.75, 3.05) is 7.05 Å². The largest absolute Gasteiger partial charge is 0.550 e. The Bertz CT molecular complexity index is 380. The van der Waals surface area contributed by atoms with Gasteiger partial charge in [0, 0.05) is 12.0 Å². The van der Waals surface area contributed by atoms with Crippen LogP contribution in [0.3, 0.4) is 0 Å². The lowest BCUT2D eigenvalue weighted by Gasteiger charge is -2.03. The van der Waals surface area contributed by atoms with Gasteiger partial charge in [-0.1, -0.05) is 0 Å². The van der Waals surface area contributed by atoms with Crippen molar-refractivity contribution in [2.24, 2.45) is 0 Å². The second-order valence-corrected chi connectivity index (χ2v) is 3.05. The average Bonchev–Trinajstić information content (AvgIpc) is 2.21. The maximum Gasteiger partial charge on any atom is 0.170 e. The number of benzene rings is 1. The summed E-state index contributed by atoms with van der Waals surface area (Å²) in [5.74, 6) is -6.46. The third-order valence-corrected chi connectivity index (χ3v) is 1.61. The quantitative estimate of drug-likeness (QED) is 0.580. The first-order valence-electron chi connectivity index (χ1n) is 4.58. The Labute approximate surface area is 95.1 Å². The van der Waals surface area contributed by atoms with Gasteiger partial charge in [0.2, 0.25) is 0 Å². The molecule has 3 nitrogen and oxygen atoms in total. The number of carboxylic acid groups (broad SMARTS) is 1. The van der Waals surface area contributed by atoms with Crippen molar-refractivity contribution in [2.45, 2.75) is 13.5 Å². The second-order valence-electron chi connectivity index (χ2n) is 3.05. The lowest BCUT2D eigenvalue weighted by molar-refractivity contribution is -0.643. The Morgan fingerprint density at radius 2 is 1.59 bits per heavy atom. The van der Waals surface area contributed by atoms with Crippen LogP contribution in [0.4, 0.5) is 17.6 Å². The van der Waals surface area contributed by atoms with E-state index in [1.807, 2.05) is 0 Å². The molecule has 0 aliphatic heterocycles. The fourth-order valence-electron chi connectivity index (χ4n) is 1.01. The molecule has 0 bridgehead atoms. The van der Waals surface area contributed by atoms with E-state index in [0.29, 0.717) is 0 Å². The first-order valence-corrected chi connectivity index (χ1v) is 4.58. The predicted octanol–water partition coefficient (Wildman–Crippen LogP) is -0.308. The van der Waals surface area contributed by atoms with Crippen molar-refractivity contribution < 1.29 is 32.8 Å². The van der Waals surface area contributed by atoms with Crippen LogP contribution in [0.5, 0.6) is 0 Å². The highest BCUT2D eigenvalue weighted by Crippen LogP contribution is 2.17. The van der Waals surface area contributed by atoms with Gasteiger partial charge in [-0.2, -0.15) is 0 Å². The topological polar surface area (TPSA) is 56.7 Å². The molecule has 0 amide bonds. The van der Waals surface area contributed by atoms with Crippen LogP contribution in [0, 0.1) is 23.3 Å². The van der Waals surface area contributed by atoms with Gasteiger partial charge in [0.25, 0.3) is 0 Å². The van der Waals surface area contributed by atoms with Gasteiger partial charge >= 0.3 is 0 Å². The van der Waals surface area contributed by atoms with E-state index in [9.17, 15) is 17.6 Å². The number of halogens is 4. The molecule has 0 spiro atoms. The number of carboxylic acids is 1. The number of carbonyl (C=O) groups excluding carboxylic acids is 1. The molecule has 1 rings (SSSR count). The molecule has 0 radical (unpaired) electrons. The monoisotopic (exact) mass is 253 g/mol. The summed E-state index contributed by atoms with van der Waals surface area (Å²) in [6.07, 6.45) is 0. The Kier molecular flexibility index (Phi) is 6.19. The number of quaternary nitrogens is 1. The van der Waals surface area contributed by atoms with Gasteiger partial charge in [0.1, 0.15) is 6.54 Å². The summed E-state index contributed by atoms with van der Waals surface area (Å²) < 4.78 is 50.8. The Morgan fingerprint density at radius 1 is 1.24 bits per heavy atom. The summed E-state index contributed by atoms with van der Waals surface area (Å²) in [6, 6.07) is 0.198. The lowest BCUT2D eigenvalue weighted by atomic mass is 10.2. The fourth-order valence-corrected chi connectivity index (χ4v) is 1.01. The van der Waals surface area contributed by atoms with Crippen LogP contribution in [0.1, 0.15) is 12.5 Å². The summed E-state index contributed by atoms with van der Waals surface area (Å²) >= 11 is 0. The average molecular weight is 253 g/mol. The van der Waals surface area contributed by atoms with Crippen molar-refractivity contribution >= 4 is 5.97 Å². The number of aliphatic carboxylic acids is 1. The van der Waals surface area contributed by atoms with Crippen molar-refractivity contribution in [3.63, 3.8) is 0 Å². The summed E-state index contributed by atoms with van der Waals surface area (Å²) in [6.45, 7) is 0.840. The zero-order valence-electron chi connectivity index (χ0n) is 9.19. The van der Waals surface area contributed by atoms with Crippen molar-refractivity contribution in [1.82, 2.24) is 0 Å². The van der Waals surface area contributed by atoms with Crippen LogP contribution in [-0.4, -0.2) is 13.0 Å². The van der Waals surface area contributed by atoms with Crippen LogP contribution in [0.15, 0.2) is 6.07 Å². The van der Waals surface area contributed by atoms with Gasteiger partial charge in [-0.05, 0) is 6.92 Å². The summed E-state index contributed by atoms with van der Waals surface area (Å²) in [5, 5.41) is 10.3. The van der Waals surface area contributed by atoms with Gasteiger partial charge in [0.05, 0.1) is 12.6 Å². The van der Waals surface area contributed by atoms with E-state index in [1.54, 1.807) is 7.05 Å². The minimum atomic E-state index is -1.37.